The number of nitrogens with one attached hydrogen (secondary N) is 1. The number of benzene rings is 1. The standard InChI is InChI=1S/C17H28N2O2/c1-3-4-5-6-17(21)19-8-7-14-9-13(2)10-15(11-14)12-16(18)20/h9-11,17,19,21H,3-8,12H2,1-2H3,(H2,18,20)/t17-/m1/s1. The first-order chi connectivity index (χ1) is 10.0. The fraction of sp³-hybridized carbons (Fsp3) is 0.588. The maximum atomic E-state index is 11.0. The summed E-state index contributed by atoms with van der Waals surface area (Å²) < 4.78 is 0. The van der Waals surface area contributed by atoms with Crippen LogP contribution in [0.5, 0.6) is 0 Å². The molecule has 1 amide bonds. The molecule has 4 nitrogen and oxygen atoms in total. The minimum absolute atomic E-state index is 0.280. The Kier molecular flexibility index (Phi) is 8.01. The van der Waals surface area contributed by atoms with Crippen molar-refractivity contribution in [2.45, 2.75) is 58.6 Å². The molecule has 1 atom stereocenters. The zero-order valence-electron chi connectivity index (χ0n) is 13.2. The maximum absolute atomic E-state index is 11.0. The van der Waals surface area contributed by atoms with Gasteiger partial charge in [-0.1, -0.05) is 43.5 Å². The van der Waals surface area contributed by atoms with Gasteiger partial charge < -0.3 is 10.8 Å². The number of carbonyl (C=O) groups is 1. The minimum atomic E-state index is -0.425. The van der Waals surface area contributed by atoms with Gasteiger partial charge in [0.25, 0.3) is 0 Å². The number of hydrogen-bond acceptors (Lipinski definition) is 3. The van der Waals surface area contributed by atoms with E-state index in [4.69, 9.17) is 5.73 Å². The maximum Gasteiger partial charge on any atom is 0.221 e. The van der Waals surface area contributed by atoms with Gasteiger partial charge in [0.05, 0.1) is 6.42 Å². The molecule has 0 saturated carbocycles. The molecule has 0 aliphatic carbocycles. The average molecular weight is 292 g/mol. The molecule has 0 radical (unpaired) electrons. The first-order valence-corrected chi connectivity index (χ1v) is 7.80. The normalized spacial score (nSPS) is 12.3. The number of carbonyl (C=O) groups excluding carboxylic acids is 1. The molecule has 4 heteroatoms. The second kappa shape index (κ2) is 9.53. The third kappa shape index (κ3) is 7.83. The topological polar surface area (TPSA) is 75.3 Å². The van der Waals surface area contributed by atoms with Gasteiger partial charge in [0, 0.05) is 6.54 Å². The van der Waals surface area contributed by atoms with E-state index in [-0.39, 0.29) is 12.3 Å². The first kappa shape index (κ1) is 17.7. The first-order valence-electron chi connectivity index (χ1n) is 7.80. The Morgan fingerprint density at radius 3 is 2.67 bits per heavy atom. The number of amides is 1. The highest BCUT2D eigenvalue weighted by molar-refractivity contribution is 5.76. The van der Waals surface area contributed by atoms with E-state index < -0.39 is 6.23 Å². The molecule has 21 heavy (non-hydrogen) atoms. The van der Waals surface area contributed by atoms with Gasteiger partial charge in [-0.05, 0) is 37.3 Å². The van der Waals surface area contributed by atoms with E-state index in [9.17, 15) is 9.90 Å². The summed E-state index contributed by atoms with van der Waals surface area (Å²) in [5.74, 6) is -0.309. The van der Waals surface area contributed by atoms with Crippen LogP contribution in [0.2, 0.25) is 0 Å². The van der Waals surface area contributed by atoms with Crippen LogP contribution in [0.1, 0.15) is 49.3 Å². The van der Waals surface area contributed by atoms with Crippen molar-refractivity contribution in [3.63, 3.8) is 0 Å². The third-order valence-electron chi connectivity index (χ3n) is 3.45. The van der Waals surface area contributed by atoms with Crippen LogP contribution in [-0.2, 0) is 17.6 Å². The summed E-state index contributed by atoms with van der Waals surface area (Å²) in [4.78, 5) is 11.0. The van der Waals surface area contributed by atoms with Crippen LogP contribution < -0.4 is 11.1 Å². The molecule has 1 aromatic rings. The highest BCUT2D eigenvalue weighted by Gasteiger charge is 2.05. The van der Waals surface area contributed by atoms with Crippen LogP contribution in [-0.4, -0.2) is 23.8 Å². The van der Waals surface area contributed by atoms with Crippen molar-refractivity contribution in [2.75, 3.05) is 6.54 Å². The quantitative estimate of drug-likeness (QED) is 0.456. The Morgan fingerprint density at radius 1 is 1.29 bits per heavy atom. The van der Waals surface area contributed by atoms with Crippen molar-refractivity contribution >= 4 is 5.91 Å². The highest BCUT2D eigenvalue weighted by Crippen LogP contribution is 2.11. The van der Waals surface area contributed by atoms with Crippen molar-refractivity contribution in [3.8, 4) is 0 Å². The lowest BCUT2D eigenvalue weighted by molar-refractivity contribution is -0.117. The van der Waals surface area contributed by atoms with Gasteiger partial charge in [-0.25, -0.2) is 0 Å². The molecule has 1 aromatic carbocycles. The van der Waals surface area contributed by atoms with Gasteiger partial charge >= 0.3 is 0 Å². The zero-order valence-corrected chi connectivity index (χ0v) is 13.2. The van der Waals surface area contributed by atoms with Crippen LogP contribution in [0.25, 0.3) is 0 Å². The monoisotopic (exact) mass is 292 g/mol. The number of nitrogens with two attached hydrogens (primary N) is 1. The Hall–Kier alpha value is -1.39. The lowest BCUT2D eigenvalue weighted by Crippen LogP contribution is -2.30. The summed E-state index contributed by atoms with van der Waals surface area (Å²) in [7, 11) is 0. The number of primary amides is 1. The molecule has 4 N–H and O–H groups in total. The number of rotatable bonds is 10. The van der Waals surface area contributed by atoms with E-state index in [2.05, 4.69) is 18.3 Å². The second-order valence-corrected chi connectivity index (χ2v) is 5.69. The molecule has 0 aliphatic heterocycles. The third-order valence-corrected chi connectivity index (χ3v) is 3.45. The summed E-state index contributed by atoms with van der Waals surface area (Å²) in [5, 5.41) is 12.9. The lowest BCUT2D eigenvalue weighted by Gasteiger charge is -2.13. The Morgan fingerprint density at radius 2 is 2.00 bits per heavy atom. The number of aryl methyl sites for hydroxylation is 1. The van der Waals surface area contributed by atoms with E-state index in [1.165, 1.54) is 12.0 Å². The Balaban J connectivity index is 2.40. The fourth-order valence-electron chi connectivity index (χ4n) is 2.47. The number of aliphatic hydroxyl groups is 1. The van der Waals surface area contributed by atoms with Crippen LogP contribution in [0.4, 0.5) is 0 Å². The molecule has 0 aromatic heterocycles. The van der Waals surface area contributed by atoms with Gasteiger partial charge in [-0.2, -0.15) is 0 Å². The highest BCUT2D eigenvalue weighted by atomic mass is 16.3. The van der Waals surface area contributed by atoms with Crippen molar-refractivity contribution < 1.29 is 9.90 Å². The van der Waals surface area contributed by atoms with Crippen molar-refractivity contribution in [1.82, 2.24) is 5.32 Å². The summed E-state index contributed by atoms with van der Waals surface area (Å²) in [6.07, 6.45) is 4.87. The molecule has 118 valence electrons. The van der Waals surface area contributed by atoms with E-state index in [0.29, 0.717) is 0 Å². The fourth-order valence-corrected chi connectivity index (χ4v) is 2.47. The van der Waals surface area contributed by atoms with Crippen molar-refractivity contribution in [2.24, 2.45) is 5.73 Å². The van der Waals surface area contributed by atoms with E-state index in [1.54, 1.807) is 0 Å². The van der Waals surface area contributed by atoms with Crippen LogP contribution in [0, 0.1) is 6.92 Å². The molecule has 0 heterocycles. The van der Waals surface area contributed by atoms with Gasteiger partial charge in [-0.15, -0.1) is 0 Å². The molecule has 0 fully saturated rings. The summed E-state index contributed by atoms with van der Waals surface area (Å²) >= 11 is 0. The van der Waals surface area contributed by atoms with Crippen molar-refractivity contribution in [1.29, 1.82) is 0 Å². The predicted octanol–water partition coefficient (Wildman–Crippen LogP) is 2.05. The summed E-state index contributed by atoms with van der Waals surface area (Å²) in [6.45, 7) is 4.90. The van der Waals surface area contributed by atoms with Gasteiger partial charge in [-0.3, -0.25) is 10.1 Å². The van der Waals surface area contributed by atoms with Gasteiger partial charge in [0.1, 0.15) is 6.23 Å². The smallest absolute Gasteiger partial charge is 0.221 e. The van der Waals surface area contributed by atoms with Gasteiger partial charge in [0.2, 0.25) is 5.91 Å². The summed E-state index contributed by atoms with van der Waals surface area (Å²) in [5.41, 5.74) is 8.50. The molecule has 0 bridgehead atoms. The molecule has 0 saturated heterocycles. The SMILES string of the molecule is CCCCC[C@@H](O)NCCc1cc(C)cc(CC(N)=O)c1. The van der Waals surface area contributed by atoms with Crippen LogP contribution >= 0.6 is 0 Å². The zero-order chi connectivity index (χ0) is 15.7. The molecular weight excluding hydrogens is 264 g/mol. The molecule has 0 aliphatic rings. The molecule has 0 spiro atoms. The lowest BCUT2D eigenvalue weighted by atomic mass is 10.0. The minimum Gasteiger partial charge on any atom is -0.379 e. The molecule has 1 rings (SSSR count). The van der Waals surface area contributed by atoms with Crippen LogP contribution in [0.15, 0.2) is 18.2 Å². The van der Waals surface area contributed by atoms with Crippen molar-refractivity contribution in [3.05, 3.63) is 34.9 Å². The Labute approximate surface area is 127 Å². The van der Waals surface area contributed by atoms with E-state index in [1.807, 2.05) is 19.1 Å². The number of aliphatic hydroxyl groups excluding tert-OH is 1. The van der Waals surface area contributed by atoms with Gasteiger partial charge in [0.15, 0.2) is 0 Å². The van der Waals surface area contributed by atoms with E-state index >= 15 is 0 Å². The van der Waals surface area contributed by atoms with E-state index in [0.717, 1.165) is 43.4 Å². The number of hydrogen-bond donors (Lipinski definition) is 3. The number of unbranched alkanes of at least 4 members (excludes halogenated alkanes) is 2. The summed E-state index contributed by atoms with van der Waals surface area (Å²) in [6, 6.07) is 6.11. The average Bonchev–Trinajstić information content (AvgIpc) is 2.37. The second-order valence-electron chi connectivity index (χ2n) is 5.69. The molecular formula is C17H28N2O2. The predicted molar refractivity (Wildman–Crippen MR) is 85.9 cm³/mol. The molecule has 0 unspecified atom stereocenters. The Bertz CT molecular complexity index is 446. The largest absolute Gasteiger partial charge is 0.379 e. The van der Waals surface area contributed by atoms with Crippen LogP contribution in [0.3, 0.4) is 0 Å².